The zero-order chi connectivity index (χ0) is 17.6. The molecule has 0 bridgehead atoms. The number of hydrogen-bond donors (Lipinski definition) is 1. The molecule has 1 aromatic carbocycles. The number of aliphatic imine (C=N–C) groups is 1. The maximum atomic E-state index is 12.4. The number of urea groups is 1. The van der Waals surface area contributed by atoms with Crippen molar-refractivity contribution in [2.75, 3.05) is 19.9 Å². The van der Waals surface area contributed by atoms with Gasteiger partial charge in [-0.1, -0.05) is 23.9 Å². The molecule has 0 radical (unpaired) electrons. The molecule has 1 aliphatic heterocycles. The van der Waals surface area contributed by atoms with E-state index in [1.807, 2.05) is 36.4 Å². The quantitative estimate of drug-likeness (QED) is 0.914. The van der Waals surface area contributed by atoms with Crippen LogP contribution in [0.1, 0.15) is 17.2 Å². The van der Waals surface area contributed by atoms with E-state index in [2.05, 4.69) is 15.3 Å². The Labute approximate surface area is 151 Å². The van der Waals surface area contributed by atoms with Gasteiger partial charge in [-0.2, -0.15) is 0 Å². The van der Waals surface area contributed by atoms with Crippen molar-refractivity contribution in [1.29, 1.82) is 0 Å². The third-order valence-corrected chi connectivity index (χ3v) is 4.82. The highest BCUT2D eigenvalue weighted by Gasteiger charge is 2.22. The van der Waals surface area contributed by atoms with E-state index in [0.717, 1.165) is 22.6 Å². The summed E-state index contributed by atoms with van der Waals surface area (Å²) in [6.07, 6.45) is 3.52. The van der Waals surface area contributed by atoms with E-state index >= 15 is 0 Å². The number of pyridine rings is 1. The third kappa shape index (κ3) is 4.51. The molecule has 25 heavy (non-hydrogen) atoms. The van der Waals surface area contributed by atoms with Gasteiger partial charge in [-0.05, 0) is 35.4 Å². The van der Waals surface area contributed by atoms with Gasteiger partial charge in [0.25, 0.3) is 0 Å². The number of carbonyl (C=O) groups is 1. The van der Waals surface area contributed by atoms with Crippen LogP contribution in [-0.2, 0) is 6.54 Å². The average Bonchev–Trinajstić information content (AvgIpc) is 3.11. The third-order valence-electron chi connectivity index (χ3n) is 3.86. The van der Waals surface area contributed by atoms with Crippen molar-refractivity contribution >= 4 is 23.0 Å². The van der Waals surface area contributed by atoms with Crippen LogP contribution >= 0.6 is 11.8 Å². The van der Waals surface area contributed by atoms with E-state index in [-0.39, 0.29) is 12.1 Å². The van der Waals surface area contributed by atoms with E-state index in [9.17, 15) is 4.79 Å². The summed E-state index contributed by atoms with van der Waals surface area (Å²) in [5, 5.41) is 3.54. The van der Waals surface area contributed by atoms with Gasteiger partial charge in [0.1, 0.15) is 5.75 Å². The predicted molar refractivity (Wildman–Crippen MR) is 99.9 cm³/mol. The largest absolute Gasteiger partial charge is 0.497 e. The summed E-state index contributed by atoms with van der Waals surface area (Å²) < 4.78 is 5.21. The lowest BCUT2D eigenvalue weighted by atomic mass is 10.1. The van der Waals surface area contributed by atoms with Gasteiger partial charge < -0.3 is 9.64 Å². The molecule has 3 rings (SSSR count). The number of nitrogens with zero attached hydrogens (tertiary/aromatic N) is 3. The van der Waals surface area contributed by atoms with Crippen LogP contribution in [0, 0.1) is 0 Å². The molecule has 2 amide bonds. The topological polar surface area (TPSA) is 66.8 Å². The predicted octanol–water partition coefficient (Wildman–Crippen LogP) is 3.08. The fourth-order valence-corrected chi connectivity index (χ4v) is 3.45. The lowest BCUT2D eigenvalue weighted by Gasteiger charge is -2.18. The molecule has 1 atom stereocenters. The maximum absolute atomic E-state index is 12.4. The zero-order valence-corrected chi connectivity index (χ0v) is 15.0. The molecule has 1 aromatic heterocycles. The highest BCUT2D eigenvalue weighted by molar-refractivity contribution is 8.14. The Morgan fingerprint density at radius 3 is 2.92 bits per heavy atom. The number of aromatic nitrogens is 1. The lowest BCUT2D eigenvalue weighted by Crippen LogP contribution is -2.38. The van der Waals surface area contributed by atoms with Gasteiger partial charge in [0.05, 0.1) is 13.2 Å². The molecule has 6 nitrogen and oxygen atoms in total. The molecule has 2 heterocycles. The Hall–Kier alpha value is -2.54. The highest BCUT2D eigenvalue weighted by Crippen LogP contribution is 2.29. The fraction of sp³-hybridized carbons (Fsp3) is 0.278. The van der Waals surface area contributed by atoms with E-state index in [1.54, 1.807) is 43.2 Å². The number of carbonyl (C=O) groups excluding carboxylic acids is 1. The van der Waals surface area contributed by atoms with Crippen molar-refractivity contribution in [2.24, 2.45) is 4.99 Å². The first-order valence-corrected chi connectivity index (χ1v) is 8.90. The summed E-state index contributed by atoms with van der Waals surface area (Å²) in [7, 11) is 3.39. The molecule has 0 saturated carbocycles. The number of methoxy groups -OCH3 is 1. The SMILES string of the molecule is COc1cccc(CN(C)C(=O)NC2=NC(c3ccncc3)CS2)c1. The first-order chi connectivity index (χ1) is 12.2. The van der Waals surface area contributed by atoms with Gasteiger partial charge in [-0.3, -0.25) is 15.3 Å². The summed E-state index contributed by atoms with van der Waals surface area (Å²) >= 11 is 1.55. The van der Waals surface area contributed by atoms with Crippen LogP contribution in [0.2, 0.25) is 0 Å². The highest BCUT2D eigenvalue weighted by atomic mass is 32.2. The summed E-state index contributed by atoms with van der Waals surface area (Å²) in [6.45, 7) is 0.495. The normalized spacial score (nSPS) is 16.2. The van der Waals surface area contributed by atoms with Crippen LogP contribution < -0.4 is 10.1 Å². The lowest BCUT2D eigenvalue weighted by molar-refractivity contribution is 0.212. The van der Waals surface area contributed by atoms with Gasteiger partial charge in [0.2, 0.25) is 0 Å². The van der Waals surface area contributed by atoms with Gasteiger partial charge in [0, 0.05) is 31.7 Å². The number of benzene rings is 1. The minimum Gasteiger partial charge on any atom is -0.497 e. The van der Waals surface area contributed by atoms with E-state index < -0.39 is 0 Å². The van der Waals surface area contributed by atoms with Crippen LogP contribution in [0.4, 0.5) is 4.79 Å². The molecule has 2 aromatic rings. The number of thioether (sulfide) groups is 1. The second-order valence-corrected chi connectivity index (χ2v) is 6.69. The molecule has 1 N–H and O–H groups in total. The number of ether oxygens (including phenoxy) is 1. The Morgan fingerprint density at radius 2 is 2.16 bits per heavy atom. The average molecular weight is 356 g/mol. The smallest absolute Gasteiger partial charge is 0.323 e. The summed E-state index contributed by atoms with van der Waals surface area (Å²) in [5.41, 5.74) is 2.11. The zero-order valence-electron chi connectivity index (χ0n) is 14.2. The number of amides is 2. The van der Waals surface area contributed by atoms with Gasteiger partial charge in [0.15, 0.2) is 5.17 Å². The van der Waals surface area contributed by atoms with Crippen LogP contribution in [0.15, 0.2) is 53.8 Å². The standard InChI is InChI=1S/C18H20N4O2S/c1-22(11-13-4-3-5-15(10-13)24-2)18(23)21-17-20-16(12-25-17)14-6-8-19-9-7-14/h3-10,16H,11-12H2,1-2H3,(H,20,21,23). The second-order valence-electron chi connectivity index (χ2n) is 5.68. The molecule has 0 fully saturated rings. The van der Waals surface area contributed by atoms with Crippen molar-refractivity contribution in [3.63, 3.8) is 0 Å². The summed E-state index contributed by atoms with van der Waals surface area (Å²) in [4.78, 5) is 22.6. The van der Waals surface area contributed by atoms with Crippen molar-refractivity contribution in [1.82, 2.24) is 15.2 Å². The van der Waals surface area contributed by atoms with Crippen LogP contribution in [0.5, 0.6) is 5.75 Å². The molecule has 0 aliphatic carbocycles. The molecule has 1 aliphatic rings. The Kier molecular flexibility index (Phi) is 5.55. The van der Waals surface area contributed by atoms with Crippen LogP contribution in [0.3, 0.4) is 0 Å². The van der Waals surface area contributed by atoms with Gasteiger partial charge in [-0.15, -0.1) is 0 Å². The van der Waals surface area contributed by atoms with Crippen molar-refractivity contribution in [3.05, 3.63) is 59.9 Å². The number of amidine groups is 1. The number of rotatable bonds is 4. The van der Waals surface area contributed by atoms with E-state index in [1.165, 1.54) is 0 Å². The monoisotopic (exact) mass is 356 g/mol. The van der Waals surface area contributed by atoms with Crippen molar-refractivity contribution in [2.45, 2.75) is 12.6 Å². The molecular weight excluding hydrogens is 336 g/mol. The maximum Gasteiger partial charge on any atom is 0.323 e. The number of hydrogen-bond acceptors (Lipinski definition) is 5. The van der Waals surface area contributed by atoms with Gasteiger partial charge in [-0.25, -0.2) is 4.79 Å². The Morgan fingerprint density at radius 1 is 1.36 bits per heavy atom. The Bertz CT molecular complexity index is 767. The molecule has 7 heteroatoms. The minimum absolute atomic E-state index is 0.0620. The number of nitrogens with one attached hydrogen (secondary N) is 1. The van der Waals surface area contributed by atoms with E-state index in [4.69, 9.17) is 4.74 Å². The molecule has 0 saturated heterocycles. The van der Waals surface area contributed by atoms with Gasteiger partial charge >= 0.3 is 6.03 Å². The summed E-state index contributed by atoms with van der Waals surface area (Å²) in [6, 6.07) is 11.5. The second kappa shape index (κ2) is 8.02. The van der Waals surface area contributed by atoms with Crippen molar-refractivity contribution < 1.29 is 9.53 Å². The first kappa shape index (κ1) is 17.3. The van der Waals surface area contributed by atoms with Crippen LogP contribution in [-0.4, -0.2) is 41.0 Å². The molecule has 130 valence electrons. The molecule has 1 unspecified atom stereocenters. The van der Waals surface area contributed by atoms with Crippen LogP contribution in [0.25, 0.3) is 0 Å². The molecular formula is C18H20N4O2S. The van der Waals surface area contributed by atoms with Crippen molar-refractivity contribution in [3.8, 4) is 5.75 Å². The summed E-state index contributed by atoms with van der Waals surface area (Å²) in [5.74, 6) is 1.60. The van der Waals surface area contributed by atoms with E-state index in [0.29, 0.717) is 11.7 Å². The fourth-order valence-electron chi connectivity index (χ4n) is 2.50. The first-order valence-electron chi connectivity index (χ1n) is 7.91. The minimum atomic E-state index is -0.176. The molecule has 0 spiro atoms. The Balaban J connectivity index is 1.58.